The molecule has 0 aromatic heterocycles. The van der Waals surface area contributed by atoms with Gasteiger partial charge >= 0.3 is 0 Å². The summed E-state index contributed by atoms with van der Waals surface area (Å²) in [5, 5.41) is 3.02. The summed E-state index contributed by atoms with van der Waals surface area (Å²) in [4.78, 5) is 27.6. The van der Waals surface area contributed by atoms with E-state index in [0.29, 0.717) is 11.4 Å². The molecule has 6 heteroatoms. The van der Waals surface area contributed by atoms with Gasteiger partial charge in [0.15, 0.2) is 11.5 Å². The molecule has 168 valence electrons. The SMILES string of the molecule is CC(CCc1ccccc1)NC(=O)CN1C(=O)C(=Cc2ccccc2Br)Oc2ccccc21. The van der Waals surface area contributed by atoms with Crippen LogP contribution < -0.4 is 15.0 Å². The van der Waals surface area contributed by atoms with Crippen molar-refractivity contribution in [2.24, 2.45) is 0 Å². The highest BCUT2D eigenvalue weighted by atomic mass is 79.9. The fourth-order valence-corrected chi connectivity index (χ4v) is 4.12. The Hall–Kier alpha value is -3.38. The van der Waals surface area contributed by atoms with Gasteiger partial charge in [-0.05, 0) is 55.2 Å². The third kappa shape index (κ3) is 5.71. The van der Waals surface area contributed by atoms with Crippen molar-refractivity contribution in [3.05, 3.63) is 100 Å². The molecule has 5 nitrogen and oxygen atoms in total. The number of ether oxygens (including phenoxy) is 1. The lowest BCUT2D eigenvalue weighted by Gasteiger charge is -2.30. The van der Waals surface area contributed by atoms with Crippen LogP contribution in [-0.4, -0.2) is 24.4 Å². The lowest BCUT2D eigenvalue weighted by molar-refractivity contribution is -0.123. The lowest BCUT2D eigenvalue weighted by atomic mass is 10.1. The van der Waals surface area contributed by atoms with E-state index in [1.165, 1.54) is 10.5 Å². The molecule has 0 bridgehead atoms. The molecule has 0 radical (unpaired) electrons. The second-order valence-electron chi connectivity index (χ2n) is 7.98. The number of aryl methyl sites for hydroxylation is 1. The highest BCUT2D eigenvalue weighted by Gasteiger charge is 2.31. The highest BCUT2D eigenvalue weighted by Crippen LogP contribution is 2.35. The van der Waals surface area contributed by atoms with Crippen molar-refractivity contribution >= 4 is 39.5 Å². The van der Waals surface area contributed by atoms with Crippen LogP contribution in [0.25, 0.3) is 6.08 Å². The van der Waals surface area contributed by atoms with E-state index in [0.717, 1.165) is 22.9 Å². The van der Waals surface area contributed by atoms with E-state index in [1.54, 1.807) is 18.2 Å². The number of benzene rings is 3. The first-order valence-electron chi connectivity index (χ1n) is 10.9. The van der Waals surface area contributed by atoms with Gasteiger partial charge in [0.25, 0.3) is 5.91 Å². The average molecular weight is 505 g/mol. The van der Waals surface area contributed by atoms with E-state index in [1.807, 2.05) is 61.5 Å². The molecule has 1 N–H and O–H groups in total. The number of para-hydroxylation sites is 2. The summed E-state index contributed by atoms with van der Waals surface area (Å²) in [7, 11) is 0. The van der Waals surface area contributed by atoms with Gasteiger partial charge in [0.2, 0.25) is 5.91 Å². The van der Waals surface area contributed by atoms with Gasteiger partial charge in [-0.2, -0.15) is 0 Å². The quantitative estimate of drug-likeness (QED) is 0.441. The Balaban J connectivity index is 1.48. The standard InChI is InChI=1S/C27H25BrN2O3/c1-19(15-16-20-9-3-2-4-10-20)29-26(31)18-30-23-13-7-8-14-24(23)33-25(27(30)32)17-21-11-5-6-12-22(21)28/h2-14,17,19H,15-16,18H2,1H3,(H,29,31). The molecule has 0 aliphatic carbocycles. The molecule has 0 spiro atoms. The summed E-state index contributed by atoms with van der Waals surface area (Å²) in [5.41, 5.74) is 2.63. The molecular formula is C27H25BrN2O3. The van der Waals surface area contributed by atoms with E-state index in [-0.39, 0.29) is 30.2 Å². The summed E-state index contributed by atoms with van der Waals surface area (Å²) in [6.07, 6.45) is 3.38. The number of carbonyl (C=O) groups is 2. The summed E-state index contributed by atoms with van der Waals surface area (Å²) in [5.74, 6) is 0.156. The van der Waals surface area contributed by atoms with Crippen LogP contribution in [0.3, 0.4) is 0 Å². The maximum absolute atomic E-state index is 13.3. The first-order valence-corrected chi connectivity index (χ1v) is 11.7. The first kappa shape index (κ1) is 22.8. The van der Waals surface area contributed by atoms with E-state index >= 15 is 0 Å². The molecule has 1 heterocycles. The monoisotopic (exact) mass is 504 g/mol. The molecule has 3 aromatic carbocycles. The number of rotatable bonds is 7. The van der Waals surface area contributed by atoms with Crippen LogP contribution in [0.2, 0.25) is 0 Å². The van der Waals surface area contributed by atoms with Gasteiger partial charge in [-0.25, -0.2) is 0 Å². The van der Waals surface area contributed by atoms with Gasteiger partial charge in [0, 0.05) is 10.5 Å². The summed E-state index contributed by atoms with van der Waals surface area (Å²) in [6, 6.07) is 25.0. The number of halogens is 1. The summed E-state index contributed by atoms with van der Waals surface area (Å²) < 4.78 is 6.75. The van der Waals surface area contributed by atoms with E-state index in [2.05, 4.69) is 33.4 Å². The Kier molecular flexibility index (Phi) is 7.25. The van der Waals surface area contributed by atoms with Crippen LogP contribution in [0, 0.1) is 0 Å². The number of amides is 2. The number of nitrogens with one attached hydrogen (secondary N) is 1. The van der Waals surface area contributed by atoms with Crippen molar-refractivity contribution in [2.75, 3.05) is 11.4 Å². The fraction of sp³-hybridized carbons (Fsp3) is 0.185. The summed E-state index contributed by atoms with van der Waals surface area (Å²) in [6.45, 7) is 1.90. The number of hydrogen-bond acceptors (Lipinski definition) is 3. The van der Waals surface area contributed by atoms with Gasteiger partial charge < -0.3 is 10.1 Å². The minimum Gasteiger partial charge on any atom is -0.449 e. The zero-order valence-electron chi connectivity index (χ0n) is 18.3. The molecule has 1 aliphatic heterocycles. The minimum absolute atomic E-state index is 0.0145. The van der Waals surface area contributed by atoms with Crippen LogP contribution in [0.1, 0.15) is 24.5 Å². The Morgan fingerprint density at radius 2 is 1.73 bits per heavy atom. The second kappa shape index (κ2) is 10.5. The topological polar surface area (TPSA) is 58.6 Å². The van der Waals surface area contributed by atoms with Crippen molar-refractivity contribution < 1.29 is 14.3 Å². The molecule has 0 saturated carbocycles. The minimum atomic E-state index is -0.350. The number of fused-ring (bicyclic) bond motifs is 1. The van der Waals surface area contributed by atoms with Crippen LogP contribution in [-0.2, 0) is 16.0 Å². The Labute approximate surface area is 202 Å². The zero-order chi connectivity index (χ0) is 23.2. The van der Waals surface area contributed by atoms with Crippen molar-refractivity contribution in [2.45, 2.75) is 25.8 Å². The molecule has 1 aliphatic rings. The van der Waals surface area contributed by atoms with E-state index in [4.69, 9.17) is 4.74 Å². The smallest absolute Gasteiger partial charge is 0.294 e. The third-order valence-corrected chi connectivity index (χ3v) is 6.16. The molecular weight excluding hydrogens is 480 g/mol. The van der Waals surface area contributed by atoms with Crippen molar-refractivity contribution in [3.8, 4) is 5.75 Å². The van der Waals surface area contributed by atoms with E-state index in [9.17, 15) is 9.59 Å². The van der Waals surface area contributed by atoms with Gasteiger partial charge in [-0.3, -0.25) is 14.5 Å². The van der Waals surface area contributed by atoms with Crippen molar-refractivity contribution in [1.29, 1.82) is 0 Å². The number of hydrogen-bond donors (Lipinski definition) is 1. The molecule has 1 atom stereocenters. The molecule has 0 fully saturated rings. The van der Waals surface area contributed by atoms with Gasteiger partial charge in [-0.1, -0.05) is 76.6 Å². The number of carbonyl (C=O) groups excluding carboxylic acids is 2. The maximum atomic E-state index is 13.3. The largest absolute Gasteiger partial charge is 0.449 e. The van der Waals surface area contributed by atoms with Crippen LogP contribution in [0.5, 0.6) is 5.75 Å². The van der Waals surface area contributed by atoms with Crippen molar-refractivity contribution in [1.82, 2.24) is 5.32 Å². The van der Waals surface area contributed by atoms with Gasteiger partial charge in [0.1, 0.15) is 6.54 Å². The first-order chi connectivity index (χ1) is 16.0. The third-order valence-electron chi connectivity index (χ3n) is 5.44. The second-order valence-corrected chi connectivity index (χ2v) is 8.84. The molecule has 33 heavy (non-hydrogen) atoms. The molecule has 1 unspecified atom stereocenters. The molecule has 2 amide bonds. The Morgan fingerprint density at radius 3 is 2.52 bits per heavy atom. The number of nitrogens with zero attached hydrogens (tertiary/aromatic N) is 1. The Bertz CT molecular complexity index is 1180. The van der Waals surface area contributed by atoms with Crippen LogP contribution in [0.15, 0.2) is 89.1 Å². The van der Waals surface area contributed by atoms with Gasteiger partial charge in [0.05, 0.1) is 5.69 Å². The lowest BCUT2D eigenvalue weighted by Crippen LogP contribution is -2.46. The zero-order valence-corrected chi connectivity index (χ0v) is 19.9. The van der Waals surface area contributed by atoms with E-state index < -0.39 is 0 Å². The van der Waals surface area contributed by atoms with Crippen LogP contribution >= 0.6 is 15.9 Å². The highest BCUT2D eigenvalue weighted by molar-refractivity contribution is 9.10. The average Bonchev–Trinajstić information content (AvgIpc) is 2.82. The molecule has 3 aromatic rings. The molecule has 4 rings (SSSR count). The summed E-state index contributed by atoms with van der Waals surface area (Å²) >= 11 is 3.50. The van der Waals surface area contributed by atoms with Crippen LogP contribution in [0.4, 0.5) is 5.69 Å². The van der Waals surface area contributed by atoms with Crippen molar-refractivity contribution in [3.63, 3.8) is 0 Å². The predicted molar refractivity (Wildman–Crippen MR) is 134 cm³/mol. The Morgan fingerprint density at radius 1 is 1.03 bits per heavy atom. The number of anilines is 1. The predicted octanol–water partition coefficient (Wildman–Crippen LogP) is 5.35. The van der Waals surface area contributed by atoms with Gasteiger partial charge in [-0.15, -0.1) is 0 Å². The molecule has 0 saturated heterocycles. The maximum Gasteiger partial charge on any atom is 0.294 e. The normalized spacial score (nSPS) is 15.0. The fourth-order valence-electron chi connectivity index (χ4n) is 3.72.